The number of amides is 2. The monoisotopic (exact) mass is 326 g/mol. The Morgan fingerprint density at radius 2 is 1.50 bits per heavy atom. The van der Waals surface area contributed by atoms with Gasteiger partial charge in [-0.1, -0.05) is 18.2 Å². The molecule has 0 N–H and O–H groups in total. The lowest BCUT2D eigenvalue weighted by Crippen LogP contribution is -2.39. The number of rotatable bonds is 2. The van der Waals surface area contributed by atoms with Crippen LogP contribution in [-0.2, 0) is 4.74 Å². The number of carbonyl (C=O) groups is 2. The summed E-state index contributed by atoms with van der Waals surface area (Å²) < 4.78 is 19.9. The van der Waals surface area contributed by atoms with Crippen molar-refractivity contribution < 1.29 is 18.7 Å². The van der Waals surface area contributed by atoms with E-state index < -0.39 is 17.6 Å². The lowest BCUT2D eigenvalue weighted by atomic mass is 10.1. The lowest BCUT2D eigenvalue weighted by Gasteiger charge is -2.32. The number of fused-ring (bicyclic) bond motifs is 1. The van der Waals surface area contributed by atoms with Crippen molar-refractivity contribution in [3.63, 3.8) is 0 Å². The summed E-state index contributed by atoms with van der Waals surface area (Å²) in [7, 11) is 0. The van der Waals surface area contributed by atoms with E-state index in [0.717, 1.165) is 4.90 Å². The van der Waals surface area contributed by atoms with Crippen LogP contribution in [0, 0.1) is 5.82 Å². The van der Waals surface area contributed by atoms with Crippen molar-refractivity contribution in [2.75, 3.05) is 36.1 Å². The van der Waals surface area contributed by atoms with E-state index >= 15 is 0 Å². The second kappa shape index (κ2) is 5.72. The molecule has 0 bridgehead atoms. The Morgan fingerprint density at radius 3 is 2.12 bits per heavy atom. The molecule has 0 radical (unpaired) electrons. The van der Waals surface area contributed by atoms with Crippen molar-refractivity contribution >= 4 is 23.2 Å². The second-order valence-electron chi connectivity index (χ2n) is 5.70. The predicted molar refractivity (Wildman–Crippen MR) is 87.0 cm³/mol. The minimum Gasteiger partial charge on any atom is -0.378 e. The van der Waals surface area contributed by atoms with Crippen LogP contribution in [-0.4, -0.2) is 38.1 Å². The third-order valence-corrected chi connectivity index (χ3v) is 4.33. The first-order valence-corrected chi connectivity index (χ1v) is 7.77. The maximum atomic E-state index is 14.6. The molecule has 122 valence electrons. The number of anilines is 2. The fourth-order valence-electron chi connectivity index (χ4n) is 3.18. The Hall–Kier alpha value is -2.73. The van der Waals surface area contributed by atoms with Crippen molar-refractivity contribution in [2.24, 2.45) is 0 Å². The fraction of sp³-hybridized carbons (Fsp3) is 0.222. The zero-order chi connectivity index (χ0) is 16.7. The number of imide groups is 1. The Balaban J connectivity index is 1.83. The number of ether oxygens (including phenoxy) is 1. The van der Waals surface area contributed by atoms with Gasteiger partial charge in [0.05, 0.1) is 30.0 Å². The zero-order valence-corrected chi connectivity index (χ0v) is 12.9. The van der Waals surface area contributed by atoms with Crippen LogP contribution in [0.1, 0.15) is 20.7 Å². The highest BCUT2D eigenvalue weighted by atomic mass is 19.1. The number of halogens is 1. The number of para-hydroxylation sites is 1. The third-order valence-electron chi connectivity index (χ3n) is 4.33. The van der Waals surface area contributed by atoms with Gasteiger partial charge in [0.2, 0.25) is 0 Å². The van der Waals surface area contributed by atoms with Gasteiger partial charge in [0.1, 0.15) is 11.5 Å². The topological polar surface area (TPSA) is 49.9 Å². The van der Waals surface area contributed by atoms with Gasteiger partial charge in [0.25, 0.3) is 11.8 Å². The summed E-state index contributed by atoms with van der Waals surface area (Å²) in [4.78, 5) is 28.3. The molecule has 0 aromatic heterocycles. The highest BCUT2D eigenvalue weighted by Gasteiger charge is 2.39. The largest absolute Gasteiger partial charge is 0.378 e. The van der Waals surface area contributed by atoms with Crippen LogP contribution in [0.4, 0.5) is 15.8 Å². The summed E-state index contributed by atoms with van der Waals surface area (Å²) in [6.07, 6.45) is 0. The van der Waals surface area contributed by atoms with Gasteiger partial charge in [-0.25, -0.2) is 9.29 Å². The minimum absolute atomic E-state index is 0.0191. The summed E-state index contributed by atoms with van der Waals surface area (Å²) in [5, 5.41) is 0. The summed E-state index contributed by atoms with van der Waals surface area (Å²) in [6.45, 7) is 2.22. The van der Waals surface area contributed by atoms with Crippen molar-refractivity contribution in [1.82, 2.24) is 0 Å². The Bertz CT molecular complexity index is 796. The average Bonchev–Trinajstić information content (AvgIpc) is 2.87. The predicted octanol–water partition coefficient (Wildman–Crippen LogP) is 2.46. The molecule has 0 unspecified atom stereocenters. The van der Waals surface area contributed by atoms with E-state index in [2.05, 4.69) is 0 Å². The number of carbonyl (C=O) groups excluding carboxylic acids is 2. The molecule has 0 saturated carbocycles. The third kappa shape index (κ3) is 2.18. The van der Waals surface area contributed by atoms with Crippen LogP contribution in [0.25, 0.3) is 0 Å². The van der Waals surface area contributed by atoms with E-state index in [4.69, 9.17) is 4.74 Å². The maximum absolute atomic E-state index is 14.6. The molecule has 2 aromatic carbocycles. The standard InChI is InChI=1S/C18H15FN2O3/c19-14-6-3-7-15(20-8-10-24-11-9-20)16(14)21-17(22)12-4-1-2-5-13(12)18(21)23/h1-7H,8-11H2. The normalized spacial score (nSPS) is 17.4. The molecule has 2 amide bonds. The van der Waals surface area contributed by atoms with Gasteiger partial charge in [0, 0.05) is 13.1 Å². The smallest absolute Gasteiger partial charge is 0.266 e. The molecular formula is C18H15FN2O3. The SMILES string of the molecule is O=C1c2ccccc2C(=O)N1c1c(F)cccc1N1CCOCC1. The van der Waals surface area contributed by atoms with E-state index in [1.165, 1.54) is 6.07 Å². The number of nitrogens with zero attached hydrogens (tertiary/aromatic N) is 2. The van der Waals surface area contributed by atoms with Crippen LogP contribution in [0.3, 0.4) is 0 Å². The summed E-state index contributed by atoms with van der Waals surface area (Å²) >= 11 is 0. The molecule has 1 fully saturated rings. The molecule has 24 heavy (non-hydrogen) atoms. The van der Waals surface area contributed by atoms with Gasteiger partial charge >= 0.3 is 0 Å². The molecule has 6 heteroatoms. The number of morpholine rings is 1. The van der Waals surface area contributed by atoms with Gasteiger partial charge in [0.15, 0.2) is 0 Å². The first kappa shape index (κ1) is 14.8. The molecule has 4 rings (SSSR count). The van der Waals surface area contributed by atoms with Gasteiger partial charge in [-0.05, 0) is 24.3 Å². The molecule has 0 atom stereocenters. The zero-order valence-electron chi connectivity index (χ0n) is 12.9. The molecular weight excluding hydrogens is 311 g/mol. The van der Waals surface area contributed by atoms with Gasteiger partial charge in [-0.2, -0.15) is 0 Å². The van der Waals surface area contributed by atoms with E-state index in [9.17, 15) is 14.0 Å². The first-order chi connectivity index (χ1) is 11.7. The molecule has 1 saturated heterocycles. The minimum atomic E-state index is -0.589. The lowest BCUT2D eigenvalue weighted by molar-refractivity contribution is 0.0925. The second-order valence-corrected chi connectivity index (χ2v) is 5.70. The number of hydrogen-bond acceptors (Lipinski definition) is 4. The summed E-state index contributed by atoms with van der Waals surface area (Å²) in [5.41, 5.74) is 1.16. The number of hydrogen-bond donors (Lipinski definition) is 0. The fourth-order valence-corrected chi connectivity index (χ4v) is 3.18. The maximum Gasteiger partial charge on any atom is 0.266 e. The van der Waals surface area contributed by atoms with Crippen molar-refractivity contribution in [1.29, 1.82) is 0 Å². The highest BCUT2D eigenvalue weighted by molar-refractivity contribution is 6.35. The quantitative estimate of drug-likeness (QED) is 0.796. The first-order valence-electron chi connectivity index (χ1n) is 7.77. The molecule has 0 spiro atoms. The van der Waals surface area contributed by atoms with Crippen LogP contribution >= 0.6 is 0 Å². The van der Waals surface area contributed by atoms with Gasteiger partial charge < -0.3 is 9.64 Å². The van der Waals surface area contributed by atoms with Crippen LogP contribution in [0.5, 0.6) is 0 Å². The van der Waals surface area contributed by atoms with Crippen LogP contribution < -0.4 is 9.80 Å². The number of benzene rings is 2. The molecule has 2 heterocycles. The molecule has 5 nitrogen and oxygen atoms in total. The van der Waals surface area contributed by atoms with Crippen LogP contribution in [0.15, 0.2) is 42.5 Å². The highest BCUT2D eigenvalue weighted by Crippen LogP contribution is 2.37. The molecule has 0 aliphatic carbocycles. The molecule has 2 aliphatic rings. The van der Waals surface area contributed by atoms with Gasteiger partial charge in [-0.3, -0.25) is 9.59 Å². The summed E-state index contributed by atoms with van der Waals surface area (Å²) in [6, 6.07) is 11.1. The van der Waals surface area contributed by atoms with E-state index in [0.29, 0.717) is 43.1 Å². The Labute approximate surface area is 138 Å². The Kier molecular flexibility index (Phi) is 3.54. The van der Waals surface area contributed by atoms with E-state index in [1.807, 2.05) is 4.90 Å². The molecule has 2 aromatic rings. The van der Waals surface area contributed by atoms with E-state index in [-0.39, 0.29) is 5.69 Å². The average molecular weight is 326 g/mol. The Morgan fingerprint density at radius 1 is 0.875 bits per heavy atom. The van der Waals surface area contributed by atoms with Crippen molar-refractivity contribution in [2.45, 2.75) is 0 Å². The van der Waals surface area contributed by atoms with Crippen LogP contribution in [0.2, 0.25) is 0 Å². The van der Waals surface area contributed by atoms with Crippen molar-refractivity contribution in [3.05, 3.63) is 59.4 Å². The molecule has 2 aliphatic heterocycles. The van der Waals surface area contributed by atoms with E-state index in [1.54, 1.807) is 36.4 Å². The van der Waals surface area contributed by atoms with Crippen molar-refractivity contribution in [3.8, 4) is 0 Å². The summed E-state index contributed by atoms with van der Waals surface area (Å²) in [5.74, 6) is -1.57. The van der Waals surface area contributed by atoms with Gasteiger partial charge in [-0.15, -0.1) is 0 Å².